The molecule has 0 spiro atoms. The lowest BCUT2D eigenvalue weighted by molar-refractivity contribution is 0.172. The Labute approximate surface area is 83.8 Å². The number of hydrogen-bond acceptors (Lipinski definition) is 5. The molecule has 0 aliphatic carbocycles. The number of aromatic nitrogens is 2. The molecule has 14 heavy (non-hydrogen) atoms. The van der Waals surface area contributed by atoms with Crippen LogP contribution in [0.4, 0.5) is 0 Å². The first kappa shape index (κ1) is 11.1. The molecule has 1 atom stereocenters. The molecule has 1 heterocycles. The quantitative estimate of drug-likeness (QED) is 0.724. The third-order valence-electron chi connectivity index (χ3n) is 1.82. The van der Waals surface area contributed by atoms with E-state index in [4.69, 9.17) is 9.26 Å². The van der Waals surface area contributed by atoms with Crippen molar-refractivity contribution in [2.75, 3.05) is 20.3 Å². The van der Waals surface area contributed by atoms with Crippen LogP contribution in [0, 0.1) is 6.92 Å². The summed E-state index contributed by atoms with van der Waals surface area (Å²) in [6.45, 7) is 5.42. The van der Waals surface area contributed by atoms with Gasteiger partial charge < -0.3 is 14.6 Å². The molecule has 0 aliphatic heterocycles. The second-order valence-electron chi connectivity index (χ2n) is 3.30. The number of methoxy groups -OCH3 is 1. The van der Waals surface area contributed by atoms with Crippen molar-refractivity contribution in [1.29, 1.82) is 0 Å². The molecule has 1 aromatic heterocycles. The fraction of sp³-hybridized carbons (Fsp3) is 0.778. The second kappa shape index (κ2) is 5.72. The van der Waals surface area contributed by atoms with Gasteiger partial charge >= 0.3 is 0 Å². The highest BCUT2D eigenvalue weighted by Gasteiger charge is 2.03. The van der Waals surface area contributed by atoms with Gasteiger partial charge in [0.05, 0.1) is 6.61 Å². The minimum atomic E-state index is 0.351. The van der Waals surface area contributed by atoms with Crippen LogP contribution in [0.5, 0.6) is 0 Å². The van der Waals surface area contributed by atoms with Gasteiger partial charge in [0.2, 0.25) is 5.89 Å². The first-order chi connectivity index (χ1) is 6.72. The first-order valence-corrected chi connectivity index (χ1v) is 4.74. The molecule has 80 valence electrons. The SMILES string of the molecule is COCC(C)NCCc1nc(C)no1. The van der Waals surface area contributed by atoms with Gasteiger partial charge in [-0.05, 0) is 13.8 Å². The van der Waals surface area contributed by atoms with Crippen LogP contribution in [0.15, 0.2) is 4.52 Å². The van der Waals surface area contributed by atoms with E-state index < -0.39 is 0 Å². The van der Waals surface area contributed by atoms with Crippen LogP contribution < -0.4 is 5.32 Å². The minimum Gasteiger partial charge on any atom is -0.383 e. The van der Waals surface area contributed by atoms with E-state index in [9.17, 15) is 0 Å². The molecule has 0 amide bonds. The largest absolute Gasteiger partial charge is 0.383 e. The van der Waals surface area contributed by atoms with Gasteiger partial charge in [-0.1, -0.05) is 5.16 Å². The van der Waals surface area contributed by atoms with E-state index in [1.807, 2.05) is 6.92 Å². The smallest absolute Gasteiger partial charge is 0.227 e. The maximum Gasteiger partial charge on any atom is 0.227 e. The van der Waals surface area contributed by atoms with E-state index in [0.717, 1.165) is 13.0 Å². The lowest BCUT2D eigenvalue weighted by atomic mass is 10.3. The van der Waals surface area contributed by atoms with Crippen molar-refractivity contribution in [1.82, 2.24) is 15.5 Å². The van der Waals surface area contributed by atoms with Gasteiger partial charge in [0.1, 0.15) is 0 Å². The Kier molecular flexibility index (Phi) is 4.55. The Bertz CT molecular complexity index is 262. The lowest BCUT2D eigenvalue weighted by Gasteiger charge is -2.10. The molecule has 0 saturated heterocycles. The van der Waals surface area contributed by atoms with Crippen molar-refractivity contribution in [3.8, 4) is 0 Å². The van der Waals surface area contributed by atoms with Gasteiger partial charge in [-0.3, -0.25) is 0 Å². The summed E-state index contributed by atoms with van der Waals surface area (Å²) in [5, 5.41) is 7.00. The maximum absolute atomic E-state index is 5.00. The normalized spacial score (nSPS) is 13.1. The van der Waals surface area contributed by atoms with Crippen LogP contribution in [-0.4, -0.2) is 36.4 Å². The standard InChI is InChI=1S/C9H17N3O2/c1-7(6-13-3)10-5-4-9-11-8(2)12-14-9/h7,10H,4-6H2,1-3H3. The number of nitrogens with one attached hydrogen (secondary N) is 1. The van der Waals surface area contributed by atoms with Crippen molar-refractivity contribution in [2.45, 2.75) is 26.3 Å². The van der Waals surface area contributed by atoms with Crippen LogP contribution in [0.25, 0.3) is 0 Å². The highest BCUT2D eigenvalue weighted by molar-refractivity contribution is 4.83. The van der Waals surface area contributed by atoms with Crippen molar-refractivity contribution >= 4 is 0 Å². The monoisotopic (exact) mass is 199 g/mol. The van der Waals surface area contributed by atoms with Gasteiger partial charge in [-0.15, -0.1) is 0 Å². The van der Waals surface area contributed by atoms with E-state index >= 15 is 0 Å². The summed E-state index contributed by atoms with van der Waals surface area (Å²) in [6.07, 6.45) is 0.759. The Morgan fingerprint density at radius 2 is 2.36 bits per heavy atom. The Hall–Kier alpha value is -0.940. The van der Waals surface area contributed by atoms with Gasteiger partial charge in [0.25, 0.3) is 0 Å². The molecule has 0 radical (unpaired) electrons. The zero-order valence-electron chi connectivity index (χ0n) is 8.91. The molecule has 5 heteroatoms. The van der Waals surface area contributed by atoms with Crippen molar-refractivity contribution in [3.05, 3.63) is 11.7 Å². The Balaban J connectivity index is 2.15. The van der Waals surface area contributed by atoms with Crippen LogP contribution in [-0.2, 0) is 11.2 Å². The zero-order chi connectivity index (χ0) is 10.4. The fourth-order valence-electron chi connectivity index (χ4n) is 1.18. The number of hydrogen-bond donors (Lipinski definition) is 1. The summed E-state index contributed by atoms with van der Waals surface area (Å²) in [5.74, 6) is 1.37. The maximum atomic E-state index is 5.00. The zero-order valence-corrected chi connectivity index (χ0v) is 8.91. The van der Waals surface area contributed by atoms with Crippen LogP contribution in [0.3, 0.4) is 0 Å². The first-order valence-electron chi connectivity index (χ1n) is 4.74. The van der Waals surface area contributed by atoms with Crippen LogP contribution in [0.2, 0.25) is 0 Å². The van der Waals surface area contributed by atoms with E-state index in [2.05, 4.69) is 22.4 Å². The predicted molar refractivity (Wildman–Crippen MR) is 52.1 cm³/mol. The summed E-state index contributed by atoms with van der Waals surface area (Å²) in [6, 6.07) is 0.351. The predicted octanol–water partition coefficient (Wildman–Crippen LogP) is 0.545. The number of rotatable bonds is 6. The van der Waals surface area contributed by atoms with Crippen molar-refractivity contribution < 1.29 is 9.26 Å². The molecular weight excluding hydrogens is 182 g/mol. The topological polar surface area (TPSA) is 60.2 Å². The molecule has 0 bridgehead atoms. The minimum absolute atomic E-state index is 0.351. The number of ether oxygens (including phenoxy) is 1. The molecule has 1 aromatic rings. The highest BCUT2D eigenvalue weighted by Crippen LogP contribution is 1.95. The van der Waals surface area contributed by atoms with Gasteiger partial charge in [0.15, 0.2) is 5.82 Å². The fourth-order valence-corrected chi connectivity index (χ4v) is 1.18. The van der Waals surface area contributed by atoms with Crippen molar-refractivity contribution in [3.63, 3.8) is 0 Å². The molecule has 0 fully saturated rings. The number of nitrogens with zero attached hydrogens (tertiary/aromatic N) is 2. The third kappa shape index (κ3) is 3.85. The van der Waals surface area contributed by atoms with Gasteiger partial charge in [-0.25, -0.2) is 0 Å². The third-order valence-corrected chi connectivity index (χ3v) is 1.82. The molecule has 0 saturated carbocycles. The van der Waals surface area contributed by atoms with Crippen LogP contribution in [0.1, 0.15) is 18.6 Å². The Morgan fingerprint density at radius 1 is 1.57 bits per heavy atom. The van der Waals surface area contributed by atoms with E-state index in [1.165, 1.54) is 0 Å². The molecule has 0 aromatic carbocycles. The molecule has 1 N–H and O–H groups in total. The number of aryl methyl sites for hydroxylation is 1. The second-order valence-corrected chi connectivity index (χ2v) is 3.30. The molecule has 1 unspecified atom stereocenters. The summed E-state index contributed by atoms with van der Waals surface area (Å²) >= 11 is 0. The van der Waals surface area contributed by atoms with E-state index in [1.54, 1.807) is 7.11 Å². The van der Waals surface area contributed by atoms with Gasteiger partial charge in [-0.2, -0.15) is 4.98 Å². The van der Waals surface area contributed by atoms with E-state index in [-0.39, 0.29) is 0 Å². The Morgan fingerprint density at radius 3 is 2.93 bits per heavy atom. The van der Waals surface area contributed by atoms with Crippen LogP contribution >= 0.6 is 0 Å². The van der Waals surface area contributed by atoms with Gasteiger partial charge in [0, 0.05) is 26.1 Å². The molecule has 1 rings (SSSR count). The summed E-state index contributed by atoms with van der Waals surface area (Å²) in [7, 11) is 1.69. The molecular formula is C9H17N3O2. The molecule has 0 aliphatic rings. The highest BCUT2D eigenvalue weighted by atomic mass is 16.5. The average Bonchev–Trinajstić information content (AvgIpc) is 2.52. The lowest BCUT2D eigenvalue weighted by Crippen LogP contribution is -2.31. The average molecular weight is 199 g/mol. The summed E-state index contributed by atoms with van der Waals surface area (Å²) in [4.78, 5) is 4.10. The van der Waals surface area contributed by atoms with Crippen molar-refractivity contribution in [2.24, 2.45) is 0 Å². The summed E-state index contributed by atoms with van der Waals surface area (Å²) in [5.41, 5.74) is 0. The van der Waals surface area contributed by atoms with E-state index in [0.29, 0.717) is 24.4 Å². The summed E-state index contributed by atoms with van der Waals surface area (Å²) < 4.78 is 9.97. The molecule has 5 nitrogen and oxygen atoms in total.